The van der Waals surface area contributed by atoms with Crippen molar-refractivity contribution in [1.82, 2.24) is 9.62 Å². The van der Waals surface area contributed by atoms with E-state index in [1.54, 1.807) is 0 Å². The topological polar surface area (TPSA) is 107 Å². The number of nitrogens with zero attached hydrogens (tertiary/aromatic N) is 2. The number of rotatable bonds is 3. The van der Waals surface area contributed by atoms with Crippen molar-refractivity contribution in [1.29, 1.82) is 5.26 Å². The Balaban J connectivity index is 2.28. The minimum Gasteiger partial charge on any atom is -0.294 e. The van der Waals surface area contributed by atoms with Gasteiger partial charge in [0.15, 0.2) is 0 Å². The number of benzene rings is 1. The lowest BCUT2D eigenvalue weighted by molar-refractivity contribution is -0.134. The molecule has 1 aliphatic heterocycles. The molecule has 0 atom stereocenters. The summed E-state index contributed by atoms with van der Waals surface area (Å²) < 4.78 is 25.4. The third kappa shape index (κ3) is 2.84. The maximum absolute atomic E-state index is 12.3. The van der Waals surface area contributed by atoms with Crippen LogP contribution in [-0.2, 0) is 26.0 Å². The van der Waals surface area contributed by atoms with Crippen LogP contribution in [0.5, 0.6) is 0 Å². The normalized spacial score (nSPS) is 16.6. The van der Waals surface area contributed by atoms with Crippen LogP contribution >= 0.6 is 0 Å². The summed E-state index contributed by atoms with van der Waals surface area (Å²) in [5, 5.41) is 10.6. The Morgan fingerprint density at radius 2 is 1.70 bits per heavy atom. The van der Waals surface area contributed by atoms with E-state index < -0.39 is 21.8 Å². The second-order valence-electron chi connectivity index (χ2n) is 4.22. The van der Waals surface area contributed by atoms with Gasteiger partial charge in [0, 0.05) is 0 Å². The van der Waals surface area contributed by atoms with Crippen molar-refractivity contribution in [2.45, 2.75) is 11.3 Å². The quantitative estimate of drug-likeness (QED) is 0.749. The predicted octanol–water partition coefficient (Wildman–Crippen LogP) is -0.600. The molecular weight excluding hydrogens is 282 g/mol. The van der Waals surface area contributed by atoms with Crippen molar-refractivity contribution < 1.29 is 18.0 Å². The van der Waals surface area contributed by atoms with E-state index in [0.29, 0.717) is 5.56 Å². The first-order chi connectivity index (χ1) is 9.43. The lowest BCUT2D eigenvalue weighted by atomic mass is 10.2. The fraction of sp³-hybridized carbons (Fsp3) is 0.250. The molecule has 0 spiro atoms. The SMILES string of the molecule is N#CCc1ccc(S(=O)(=O)N2CC(=O)NC(=O)C2)cc1. The molecule has 0 unspecified atom stereocenters. The highest BCUT2D eigenvalue weighted by Gasteiger charge is 2.32. The first kappa shape index (κ1) is 14.2. The van der Waals surface area contributed by atoms with Crippen LogP contribution in [0.4, 0.5) is 0 Å². The third-order valence-electron chi connectivity index (χ3n) is 2.76. The number of hydrogen-bond donors (Lipinski definition) is 1. The van der Waals surface area contributed by atoms with Crippen LogP contribution < -0.4 is 5.32 Å². The summed E-state index contributed by atoms with van der Waals surface area (Å²) in [6, 6.07) is 7.74. The molecule has 7 nitrogen and oxygen atoms in total. The molecule has 1 fully saturated rings. The maximum atomic E-state index is 12.3. The van der Waals surface area contributed by atoms with E-state index in [0.717, 1.165) is 4.31 Å². The van der Waals surface area contributed by atoms with E-state index in [1.807, 2.05) is 11.4 Å². The van der Waals surface area contributed by atoms with Crippen molar-refractivity contribution in [3.63, 3.8) is 0 Å². The largest absolute Gasteiger partial charge is 0.294 e. The van der Waals surface area contributed by atoms with Gasteiger partial charge in [-0.3, -0.25) is 14.9 Å². The number of amides is 2. The lowest BCUT2D eigenvalue weighted by Gasteiger charge is -2.24. The van der Waals surface area contributed by atoms with Gasteiger partial charge < -0.3 is 0 Å². The average Bonchev–Trinajstić information content (AvgIpc) is 2.38. The third-order valence-corrected chi connectivity index (χ3v) is 4.57. The highest BCUT2D eigenvalue weighted by atomic mass is 32.2. The molecule has 1 heterocycles. The van der Waals surface area contributed by atoms with Gasteiger partial charge in [-0.1, -0.05) is 12.1 Å². The summed E-state index contributed by atoms with van der Waals surface area (Å²) >= 11 is 0. The summed E-state index contributed by atoms with van der Waals surface area (Å²) in [6.45, 7) is -0.762. The summed E-state index contributed by atoms with van der Waals surface area (Å²) in [5.41, 5.74) is 0.693. The molecule has 20 heavy (non-hydrogen) atoms. The molecule has 1 aliphatic rings. The summed E-state index contributed by atoms with van der Waals surface area (Å²) in [7, 11) is -3.89. The first-order valence-electron chi connectivity index (χ1n) is 5.72. The Bertz CT molecular complexity index is 672. The van der Waals surface area contributed by atoms with Gasteiger partial charge in [0.2, 0.25) is 21.8 Å². The van der Waals surface area contributed by atoms with Crippen LogP contribution in [-0.4, -0.2) is 37.6 Å². The van der Waals surface area contributed by atoms with Gasteiger partial charge in [-0.05, 0) is 17.7 Å². The van der Waals surface area contributed by atoms with Gasteiger partial charge in [-0.2, -0.15) is 9.57 Å². The number of nitrogens with one attached hydrogen (secondary N) is 1. The standard InChI is InChI=1S/C12H11N3O4S/c13-6-5-9-1-3-10(4-2-9)20(18,19)15-7-11(16)14-12(17)8-15/h1-4H,5,7-8H2,(H,14,16,17). The molecule has 1 saturated heterocycles. The zero-order valence-electron chi connectivity index (χ0n) is 10.4. The first-order valence-corrected chi connectivity index (χ1v) is 7.16. The van der Waals surface area contributed by atoms with Crippen molar-refractivity contribution in [2.24, 2.45) is 0 Å². The predicted molar refractivity (Wildman–Crippen MR) is 67.7 cm³/mol. The Morgan fingerprint density at radius 1 is 1.15 bits per heavy atom. The molecule has 2 amide bonds. The van der Waals surface area contributed by atoms with E-state index in [1.165, 1.54) is 24.3 Å². The highest BCUT2D eigenvalue weighted by Crippen LogP contribution is 2.17. The van der Waals surface area contributed by atoms with Crippen LogP contribution in [0, 0.1) is 11.3 Å². The minimum atomic E-state index is -3.89. The second-order valence-corrected chi connectivity index (χ2v) is 6.16. The minimum absolute atomic E-state index is 0.0123. The van der Waals surface area contributed by atoms with Crippen LogP contribution in [0.15, 0.2) is 29.2 Å². The number of carbonyl (C=O) groups is 2. The van der Waals surface area contributed by atoms with Crippen LogP contribution in [0.2, 0.25) is 0 Å². The number of imide groups is 1. The number of nitriles is 1. The number of carbonyl (C=O) groups excluding carboxylic acids is 2. The summed E-state index contributed by atoms with van der Waals surface area (Å²) in [5.74, 6) is -1.29. The van der Waals surface area contributed by atoms with Gasteiger partial charge >= 0.3 is 0 Å². The van der Waals surface area contributed by atoms with Crippen LogP contribution in [0.3, 0.4) is 0 Å². The Morgan fingerprint density at radius 3 is 2.20 bits per heavy atom. The molecule has 0 saturated carbocycles. The molecule has 0 aliphatic carbocycles. The van der Waals surface area contributed by atoms with Gasteiger partial charge in [0.25, 0.3) is 0 Å². The molecule has 104 valence electrons. The van der Waals surface area contributed by atoms with Gasteiger partial charge in [0.05, 0.1) is 30.5 Å². The smallest absolute Gasteiger partial charge is 0.244 e. The monoisotopic (exact) mass is 293 g/mol. The molecule has 1 N–H and O–H groups in total. The summed E-state index contributed by atoms with van der Waals surface area (Å²) in [4.78, 5) is 22.4. The molecule has 8 heteroatoms. The molecule has 0 aromatic heterocycles. The van der Waals surface area contributed by atoms with Gasteiger partial charge in [-0.15, -0.1) is 0 Å². The zero-order valence-corrected chi connectivity index (χ0v) is 11.2. The number of hydrogen-bond acceptors (Lipinski definition) is 5. The Hall–Kier alpha value is -2.24. The number of sulfonamides is 1. The average molecular weight is 293 g/mol. The van der Waals surface area contributed by atoms with Crippen molar-refractivity contribution in [2.75, 3.05) is 13.1 Å². The van der Waals surface area contributed by atoms with E-state index in [4.69, 9.17) is 5.26 Å². The van der Waals surface area contributed by atoms with Crippen LogP contribution in [0.25, 0.3) is 0 Å². The lowest BCUT2D eigenvalue weighted by Crippen LogP contribution is -2.53. The van der Waals surface area contributed by atoms with Crippen molar-refractivity contribution in [3.05, 3.63) is 29.8 Å². The molecule has 1 aromatic rings. The maximum Gasteiger partial charge on any atom is 0.244 e. The van der Waals surface area contributed by atoms with Crippen LogP contribution in [0.1, 0.15) is 5.56 Å². The number of piperazine rings is 1. The molecule has 2 rings (SSSR count). The van der Waals surface area contributed by atoms with E-state index in [9.17, 15) is 18.0 Å². The zero-order chi connectivity index (χ0) is 14.8. The fourth-order valence-electron chi connectivity index (χ4n) is 1.80. The fourth-order valence-corrected chi connectivity index (χ4v) is 3.15. The van der Waals surface area contributed by atoms with Crippen molar-refractivity contribution in [3.8, 4) is 6.07 Å². The molecule has 0 radical (unpaired) electrons. The molecule has 0 bridgehead atoms. The highest BCUT2D eigenvalue weighted by molar-refractivity contribution is 7.89. The second kappa shape index (κ2) is 5.40. The van der Waals surface area contributed by atoms with Crippen molar-refractivity contribution >= 4 is 21.8 Å². The summed E-state index contributed by atoms with van der Waals surface area (Å²) in [6.07, 6.45) is 0.185. The van der Waals surface area contributed by atoms with Gasteiger partial charge in [0.1, 0.15) is 0 Å². The molecule has 1 aromatic carbocycles. The van der Waals surface area contributed by atoms with Gasteiger partial charge in [-0.25, -0.2) is 8.42 Å². The Labute approximate surface area is 115 Å². The van der Waals surface area contributed by atoms with E-state index >= 15 is 0 Å². The van der Waals surface area contributed by atoms with E-state index in [2.05, 4.69) is 0 Å². The molecular formula is C12H11N3O4S. The Kier molecular flexibility index (Phi) is 3.83. The van der Waals surface area contributed by atoms with E-state index in [-0.39, 0.29) is 24.4 Å².